The molecule has 166 valence electrons. The minimum Gasteiger partial charge on any atom is -0.354 e. The smallest absolute Gasteiger partial charge is 0.142 e. The molecular weight excluding hydrogens is 398 g/mol. The molecule has 2 saturated heterocycles. The number of pyridine rings is 2. The molecule has 2 aliphatic heterocycles. The Morgan fingerprint density at radius 3 is 2.47 bits per heavy atom. The van der Waals surface area contributed by atoms with Gasteiger partial charge in [0.2, 0.25) is 0 Å². The van der Waals surface area contributed by atoms with Crippen molar-refractivity contribution in [1.82, 2.24) is 23.8 Å². The summed E-state index contributed by atoms with van der Waals surface area (Å²) in [6.45, 7) is 8.52. The summed E-state index contributed by atoms with van der Waals surface area (Å²) >= 11 is 0. The van der Waals surface area contributed by atoms with Crippen LogP contribution in [0.25, 0.3) is 16.7 Å². The van der Waals surface area contributed by atoms with E-state index in [0.29, 0.717) is 0 Å². The number of hydrogen-bond acceptors (Lipinski definition) is 5. The van der Waals surface area contributed by atoms with Crippen molar-refractivity contribution in [1.29, 1.82) is 0 Å². The molecule has 6 rings (SSSR count). The standard InChI is InChI=1S/C25H31N7/c1-2-11-28(12-3-1)15-16-31-13-9-21-7-8-23(27-25(21)31)29-17-19-30(20-18-29)24-6-4-5-22-26-10-14-32(22)24/h4-10,13-14H,1-3,11-12,15-20H2. The fourth-order valence-electron chi connectivity index (χ4n) is 5.19. The lowest BCUT2D eigenvalue weighted by Crippen LogP contribution is -2.47. The van der Waals surface area contributed by atoms with Crippen molar-refractivity contribution >= 4 is 28.3 Å². The van der Waals surface area contributed by atoms with Crippen LogP contribution in [-0.2, 0) is 6.54 Å². The van der Waals surface area contributed by atoms with Crippen LogP contribution in [0.2, 0.25) is 0 Å². The highest BCUT2D eigenvalue weighted by Gasteiger charge is 2.20. The van der Waals surface area contributed by atoms with Crippen LogP contribution in [0.15, 0.2) is 55.0 Å². The van der Waals surface area contributed by atoms with E-state index in [0.717, 1.165) is 56.4 Å². The Kier molecular flexibility index (Phi) is 5.19. The van der Waals surface area contributed by atoms with E-state index in [4.69, 9.17) is 4.98 Å². The first-order valence-corrected chi connectivity index (χ1v) is 12.0. The Bertz CT molecular complexity index is 1200. The summed E-state index contributed by atoms with van der Waals surface area (Å²) in [5.41, 5.74) is 2.12. The van der Waals surface area contributed by atoms with Crippen LogP contribution in [0.3, 0.4) is 0 Å². The summed E-state index contributed by atoms with van der Waals surface area (Å²) in [6.07, 6.45) is 10.2. The second-order valence-corrected chi connectivity index (χ2v) is 9.01. The molecule has 0 aromatic carbocycles. The second kappa shape index (κ2) is 8.47. The van der Waals surface area contributed by atoms with E-state index in [1.165, 1.54) is 43.6 Å². The molecule has 0 amide bonds. The molecule has 4 aromatic rings. The third-order valence-electron chi connectivity index (χ3n) is 7.04. The molecule has 0 radical (unpaired) electrons. The second-order valence-electron chi connectivity index (χ2n) is 9.01. The molecule has 7 heteroatoms. The van der Waals surface area contributed by atoms with Gasteiger partial charge in [-0.15, -0.1) is 0 Å². The number of rotatable bonds is 5. The minimum absolute atomic E-state index is 0.970. The van der Waals surface area contributed by atoms with Gasteiger partial charge in [-0.25, -0.2) is 9.97 Å². The van der Waals surface area contributed by atoms with Gasteiger partial charge < -0.3 is 19.3 Å². The predicted octanol–water partition coefficient (Wildman–Crippen LogP) is 3.50. The number of fused-ring (bicyclic) bond motifs is 2. The third-order valence-corrected chi connectivity index (χ3v) is 7.04. The van der Waals surface area contributed by atoms with Gasteiger partial charge >= 0.3 is 0 Å². The topological polar surface area (TPSA) is 44.8 Å². The molecule has 32 heavy (non-hydrogen) atoms. The lowest BCUT2D eigenvalue weighted by molar-refractivity contribution is 0.221. The molecule has 0 spiro atoms. The van der Waals surface area contributed by atoms with Gasteiger partial charge in [-0.1, -0.05) is 12.5 Å². The van der Waals surface area contributed by atoms with E-state index >= 15 is 0 Å². The lowest BCUT2D eigenvalue weighted by atomic mass is 10.1. The molecule has 6 heterocycles. The number of aromatic nitrogens is 4. The van der Waals surface area contributed by atoms with Crippen molar-refractivity contribution in [2.24, 2.45) is 0 Å². The highest BCUT2D eigenvalue weighted by atomic mass is 15.3. The van der Waals surface area contributed by atoms with Crippen molar-refractivity contribution in [3.05, 3.63) is 55.0 Å². The number of likely N-dealkylation sites (tertiary alicyclic amines) is 1. The zero-order valence-electron chi connectivity index (χ0n) is 18.6. The van der Waals surface area contributed by atoms with E-state index in [9.17, 15) is 0 Å². The Labute approximate surface area is 188 Å². The van der Waals surface area contributed by atoms with Gasteiger partial charge in [-0.2, -0.15) is 0 Å². The zero-order valence-corrected chi connectivity index (χ0v) is 18.6. The Morgan fingerprint density at radius 1 is 0.750 bits per heavy atom. The van der Waals surface area contributed by atoms with Crippen molar-refractivity contribution in [3.63, 3.8) is 0 Å². The van der Waals surface area contributed by atoms with E-state index in [1.807, 2.05) is 12.4 Å². The van der Waals surface area contributed by atoms with Gasteiger partial charge in [0.15, 0.2) is 0 Å². The first-order valence-electron chi connectivity index (χ1n) is 12.0. The van der Waals surface area contributed by atoms with Crippen molar-refractivity contribution < 1.29 is 0 Å². The van der Waals surface area contributed by atoms with E-state index < -0.39 is 0 Å². The van der Waals surface area contributed by atoms with Crippen molar-refractivity contribution in [3.8, 4) is 0 Å². The first-order chi connectivity index (χ1) is 15.8. The number of nitrogens with zero attached hydrogens (tertiary/aromatic N) is 7. The quantitative estimate of drug-likeness (QED) is 0.486. The van der Waals surface area contributed by atoms with Crippen LogP contribution < -0.4 is 9.80 Å². The lowest BCUT2D eigenvalue weighted by Gasteiger charge is -2.36. The summed E-state index contributed by atoms with van der Waals surface area (Å²) in [4.78, 5) is 17.0. The molecule has 0 atom stereocenters. The molecule has 0 unspecified atom stereocenters. The molecular formula is C25H31N7. The van der Waals surface area contributed by atoms with Gasteiger partial charge in [0, 0.05) is 63.2 Å². The number of piperidine rings is 1. The Hall–Kier alpha value is -3.06. The molecule has 0 bridgehead atoms. The molecule has 2 aliphatic rings. The number of anilines is 2. The Morgan fingerprint density at radius 2 is 1.59 bits per heavy atom. The van der Waals surface area contributed by atoms with Crippen LogP contribution in [0, 0.1) is 0 Å². The fraction of sp³-hybridized carbons (Fsp3) is 0.440. The van der Waals surface area contributed by atoms with Crippen LogP contribution in [0.1, 0.15) is 19.3 Å². The summed E-state index contributed by atoms with van der Waals surface area (Å²) in [5, 5.41) is 1.23. The van der Waals surface area contributed by atoms with Gasteiger partial charge in [-0.3, -0.25) is 4.40 Å². The van der Waals surface area contributed by atoms with Crippen LogP contribution in [0.5, 0.6) is 0 Å². The molecule has 4 aromatic heterocycles. The highest BCUT2D eigenvalue weighted by Crippen LogP contribution is 2.23. The molecule has 0 aliphatic carbocycles. The van der Waals surface area contributed by atoms with Crippen LogP contribution in [0.4, 0.5) is 11.6 Å². The maximum atomic E-state index is 5.10. The van der Waals surface area contributed by atoms with Gasteiger partial charge in [-0.05, 0) is 56.3 Å². The predicted molar refractivity (Wildman–Crippen MR) is 130 cm³/mol. The molecule has 7 nitrogen and oxygen atoms in total. The van der Waals surface area contributed by atoms with Crippen molar-refractivity contribution in [2.75, 3.05) is 55.6 Å². The first kappa shape index (κ1) is 19.6. The fourth-order valence-corrected chi connectivity index (χ4v) is 5.19. The highest BCUT2D eigenvalue weighted by molar-refractivity contribution is 5.78. The van der Waals surface area contributed by atoms with Gasteiger partial charge in [0.25, 0.3) is 0 Å². The normalized spacial score (nSPS) is 18.1. The summed E-state index contributed by atoms with van der Waals surface area (Å²) in [6, 6.07) is 12.9. The molecule has 0 N–H and O–H groups in total. The summed E-state index contributed by atoms with van der Waals surface area (Å²) in [7, 11) is 0. The van der Waals surface area contributed by atoms with Crippen LogP contribution in [-0.4, -0.2) is 69.6 Å². The third kappa shape index (κ3) is 3.71. The van der Waals surface area contributed by atoms with Gasteiger partial charge in [0.05, 0.1) is 0 Å². The number of imidazole rings is 1. The molecule has 2 fully saturated rings. The Balaban J connectivity index is 1.15. The van der Waals surface area contributed by atoms with Crippen molar-refractivity contribution in [2.45, 2.75) is 25.8 Å². The SMILES string of the molecule is c1cc(N2CCN(c3ccc4ccn(CCN5CCCCC5)c4n3)CC2)n2ccnc2c1. The van der Waals surface area contributed by atoms with E-state index in [2.05, 4.69) is 71.2 Å². The maximum Gasteiger partial charge on any atom is 0.142 e. The monoisotopic (exact) mass is 429 g/mol. The van der Waals surface area contributed by atoms with Gasteiger partial charge in [0.1, 0.15) is 22.9 Å². The van der Waals surface area contributed by atoms with E-state index in [1.54, 1.807) is 0 Å². The maximum absolute atomic E-state index is 5.10. The average Bonchev–Trinajstić information content (AvgIpc) is 3.50. The number of piperazine rings is 1. The summed E-state index contributed by atoms with van der Waals surface area (Å²) < 4.78 is 4.51. The van der Waals surface area contributed by atoms with Crippen LogP contribution >= 0.6 is 0 Å². The molecule has 0 saturated carbocycles. The average molecular weight is 430 g/mol. The summed E-state index contributed by atoms with van der Waals surface area (Å²) in [5.74, 6) is 2.31. The largest absolute Gasteiger partial charge is 0.354 e. The minimum atomic E-state index is 0.970. The zero-order chi connectivity index (χ0) is 21.3. The van der Waals surface area contributed by atoms with E-state index in [-0.39, 0.29) is 0 Å². The number of hydrogen-bond donors (Lipinski definition) is 0.